The van der Waals surface area contributed by atoms with Crippen molar-refractivity contribution in [3.63, 3.8) is 0 Å². The molecule has 0 aliphatic carbocycles. The highest BCUT2D eigenvalue weighted by molar-refractivity contribution is 14.1. The van der Waals surface area contributed by atoms with Crippen LogP contribution in [0.25, 0.3) is 0 Å². The van der Waals surface area contributed by atoms with E-state index in [1.165, 1.54) is 0 Å². The Morgan fingerprint density at radius 1 is 1.67 bits per heavy atom. The predicted molar refractivity (Wildman–Crippen MR) is 46.3 cm³/mol. The molecule has 1 aromatic rings. The van der Waals surface area contributed by atoms with Gasteiger partial charge in [-0.1, -0.05) is 0 Å². The number of aromatic hydroxyl groups is 1. The van der Waals surface area contributed by atoms with Crippen LogP contribution < -0.4 is 0 Å². The molecule has 0 fully saturated rings. The van der Waals surface area contributed by atoms with E-state index in [-0.39, 0.29) is 5.75 Å². The Bertz CT molecular complexity index is 228. The van der Waals surface area contributed by atoms with Crippen molar-refractivity contribution in [2.24, 2.45) is 0 Å². The van der Waals surface area contributed by atoms with E-state index in [9.17, 15) is 0 Å². The summed E-state index contributed by atoms with van der Waals surface area (Å²) in [4.78, 5) is 3.84. The molecule has 2 nitrogen and oxygen atoms in total. The van der Waals surface area contributed by atoms with Crippen LogP contribution in [0, 0.1) is 3.57 Å². The van der Waals surface area contributed by atoms with Crippen molar-refractivity contribution in [3.8, 4) is 5.75 Å². The van der Waals surface area contributed by atoms with E-state index < -0.39 is 0 Å². The van der Waals surface area contributed by atoms with Crippen LogP contribution in [0.15, 0.2) is 16.9 Å². The van der Waals surface area contributed by atoms with Gasteiger partial charge in [0.1, 0.15) is 10.4 Å². The average molecular weight is 300 g/mol. The standard InChI is InChI=1S/C5H3BrINO/c6-5-4(9)1-3(7)2-8-5/h1-2,9H. The van der Waals surface area contributed by atoms with Crippen molar-refractivity contribution >= 4 is 38.5 Å². The largest absolute Gasteiger partial charge is 0.505 e. The monoisotopic (exact) mass is 299 g/mol. The fourth-order valence-electron chi connectivity index (χ4n) is 0.412. The SMILES string of the molecule is Oc1cc(I)cnc1Br. The minimum absolute atomic E-state index is 0.182. The van der Waals surface area contributed by atoms with Gasteiger partial charge < -0.3 is 5.11 Å². The number of aromatic nitrogens is 1. The molecule has 0 unspecified atom stereocenters. The van der Waals surface area contributed by atoms with Crippen LogP contribution in [-0.2, 0) is 0 Å². The van der Waals surface area contributed by atoms with Crippen LogP contribution in [-0.4, -0.2) is 10.1 Å². The lowest BCUT2D eigenvalue weighted by Gasteiger charge is -1.93. The Hall–Kier alpha value is 0.160. The zero-order valence-electron chi connectivity index (χ0n) is 4.31. The van der Waals surface area contributed by atoms with Gasteiger partial charge in [0.05, 0.1) is 0 Å². The third-order valence-corrected chi connectivity index (χ3v) is 1.99. The van der Waals surface area contributed by atoms with Gasteiger partial charge in [0.15, 0.2) is 0 Å². The van der Waals surface area contributed by atoms with Crippen molar-refractivity contribution in [2.75, 3.05) is 0 Å². The topological polar surface area (TPSA) is 33.1 Å². The van der Waals surface area contributed by atoms with Gasteiger partial charge in [-0.25, -0.2) is 4.98 Å². The Kier molecular flexibility index (Phi) is 2.29. The Balaban J connectivity index is 3.17. The highest BCUT2D eigenvalue weighted by atomic mass is 127. The van der Waals surface area contributed by atoms with E-state index in [0.717, 1.165) is 3.57 Å². The van der Waals surface area contributed by atoms with E-state index in [1.54, 1.807) is 12.3 Å². The van der Waals surface area contributed by atoms with Crippen molar-refractivity contribution in [2.45, 2.75) is 0 Å². The zero-order chi connectivity index (χ0) is 6.85. The van der Waals surface area contributed by atoms with Gasteiger partial charge in [-0.2, -0.15) is 0 Å². The van der Waals surface area contributed by atoms with E-state index >= 15 is 0 Å². The summed E-state index contributed by atoms with van der Waals surface area (Å²) in [7, 11) is 0. The number of hydrogen-bond acceptors (Lipinski definition) is 2. The third kappa shape index (κ3) is 1.79. The molecule has 0 atom stereocenters. The first-order valence-corrected chi connectivity index (χ1v) is 4.07. The molecule has 48 valence electrons. The fourth-order valence-corrected chi connectivity index (χ4v) is 1.06. The highest BCUT2D eigenvalue weighted by Crippen LogP contribution is 2.21. The first kappa shape index (κ1) is 7.27. The maximum Gasteiger partial charge on any atom is 0.149 e. The molecule has 0 saturated carbocycles. The summed E-state index contributed by atoms with van der Waals surface area (Å²) in [5.74, 6) is 0.182. The number of pyridine rings is 1. The molecule has 0 radical (unpaired) electrons. The van der Waals surface area contributed by atoms with Crippen molar-refractivity contribution in [3.05, 3.63) is 20.4 Å². The molecule has 0 aromatic carbocycles. The number of rotatable bonds is 0. The highest BCUT2D eigenvalue weighted by Gasteiger charge is 1.96. The molecule has 0 saturated heterocycles. The minimum atomic E-state index is 0.182. The molecule has 0 bridgehead atoms. The van der Waals surface area contributed by atoms with Crippen molar-refractivity contribution in [1.29, 1.82) is 0 Å². The zero-order valence-corrected chi connectivity index (χ0v) is 8.05. The summed E-state index contributed by atoms with van der Waals surface area (Å²) >= 11 is 5.14. The molecule has 1 heterocycles. The minimum Gasteiger partial charge on any atom is -0.505 e. The molecule has 1 aromatic heterocycles. The lowest BCUT2D eigenvalue weighted by atomic mass is 10.5. The summed E-state index contributed by atoms with van der Waals surface area (Å²) < 4.78 is 1.41. The van der Waals surface area contributed by atoms with Crippen LogP contribution in [0.1, 0.15) is 0 Å². The summed E-state index contributed by atoms with van der Waals surface area (Å²) in [6.45, 7) is 0. The van der Waals surface area contributed by atoms with E-state index in [0.29, 0.717) is 4.60 Å². The summed E-state index contributed by atoms with van der Waals surface area (Å²) in [6.07, 6.45) is 1.67. The Morgan fingerprint density at radius 2 is 2.33 bits per heavy atom. The second-order valence-electron chi connectivity index (χ2n) is 1.46. The van der Waals surface area contributed by atoms with Gasteiger partial charge in [0, 0.05) is 9.77 Å². The predicted octanol–water partition coefficient (Wildman–Crippen LogP) is 2.15. The lowest BCUT2D eigenvalue weighted by Crippen LogP contribution is -1.77. The van der Waals surface area contributed by atoms with Gasteiger partial charge in [-0.05, 0) is 44.6 Å². The molecule has 4 heteroatoms. The lowest BCUT2D eigenvalue weighted by molar-refractivity contribution is 0.468. The van der Waals surface area contributed by atoms with Crippen LogP contribution in [0.2, 0.25) is 0 Å². The van der Waals surface area contributed by atoms with E-state index in [4.69, 9.17) is 5.11 Å². The molecule has 1 N–H and O–H groups in total. The van der Waals surface area contributed by atoms with Crippen LogP contribution in [0.5, 0.6) is 5.75 Å². The molecule has 0 aliphatic heterocycles. The smallest absolute Gasteiger partial charge is 0.149 e. The average Bonchev–Trinajstić information content (AvgIpc) is 1.80. The van der Waals surface area contributed by atoms with Gasteiger partial charge >= 0.3 is 0 Å². The molecule has 9 heavy (non-hydrogen) atoms. The normalized spacial score (nSPS) is 9.56. The van der Waals surface area contributed by atoms with Crippen molar-refractivity contribution in [1.82, 2.24) is 4.98 Å². The number of halogens is 2. The molecule has 0 amide bonds. The van der Waals surface area contributed by atoms with Crippen LogP contribution >= 0.6 is 38.5 Å². The first-order valence-electron chi connectivity index (χ1n) is 2.20. The van der Waals surface area contributed by atoms with Crippen molar-refractivity contribution < 1.29 is 5.11 Å². The summed E-state index contributed by atoms with van der Waals surface area (Å²) in [6, 6.07) is 1.64. The van der Waals surface area contributed by atoms with Gasteiger partial charge in [-0.15, -0.1) is 0 Å². The molecular formula is C5H3BrINO. The summed E-state index contributed by atoms with van der Waals surface area (Å²) in [5.41, 5.74) is 0. The second-order valence-corrected chi connectivity index (χ2v) is 3.46. The fraction of sp³-hybridized carbons (Fsp3) is 0. The van der Waals surface area contributed by atoms with Gasteiger partial charge in [-0.3, -0.25) is 0 Å². The van der Waals surface area contributed by atoms with Gasteiger partial charge in [0.25, 0.3) is 0 Å². The summed E-state index contributed by atoms with van der Waals surface area (Å²) in [5, 5.41) is 8.99. The molecule has 0 aliphatic rings. The third-order valence-electron chi connectivity index (χ3n) is 0.787. The number of hydrogen-bond donors (Lipinski definition) is 1. The maximum atomic E-state index is 8.99. The van der Waals surface area contributed by atoms with Gasteiger partial charge in [0.2, 0.25) is 0 Å². The Morgan fingerprint density at radius 3 is 2.78 bits per heavy atom. The number of nitrogens with zero attached hydrogens (tertiary/aromatic N) is 1. The molecule has 0 spiro atoms. The maximum absolute atomic E-state index is 8.99. The first-order chi connectivity index (χ1) is 4.20. The van der Waals surface area contributed by atoms with E-state index in [2.05, 4.69) is 43.5 Å². The van der Waals surface area contributed by atoms with E-state index in [1.807, 2.05) is 0 Å². The second kappa shape index (κ2) is 2.83. The van der Waals surface area contributed by atoms with Crippen LogP contribution in [0.4, 0.5) is 0 Å². The quantitative estimate of drug-likeness (QED) is 0.588. The Labute approximate surface area is 74.6 Å². The molecule has 1 rings (SSSR count). The van der Waals surface area contributed by atoms with Crippen LogP contribution in [0.3, 0.4) is 0 Å². The molecular weight excluding hydrogens is 297 g/mol.